The minimum Gasteiger partial charge on any atom is -0.489 e. The zero-order valence-corrected chi connectivity index (χ0v) is 17.4. The summed E-state index contributed by atoms with van der Waals surface area (Å²) >= 11 is 0. The number of carbonyl (C=O) groups is 2. The summed E-state index contributed by atoms with van der Waals surface area (Å²) in [5, 5.41) is 9.42. The van der Waals surface area contributed by atoms with Crippen LogP contribution in [0, 0.1) is 0 Å². The summed E-state index contributed by atoms with van der Waals surface area (Å²) in [5.74, 6) is -1.78. The minimum atomic E-state index is -4.57. The van der Waals surface area contributed by atoms with E-state index in [2.05, 4.69) is 0 Å². The van der Waals surface area contributed by atoms with Crippen molar-refractivity contribution < 1.29 is 32.6 Å². The van der Waals surface area contributed by atoms with E-state index in [1.165, 1.54) is 35.2 Å². The molecule has 5 nitrogen and oxygen atoms in total. The average Bonchev–Trinajstić information content (AvgIpc) is 2.79. The molecular weight excluding hydrogens is 435 g/mol. The van der Waals surface area contributed by atoms with Crippen LogP contribution in [0.25, 0.3) is 11.1 Å². The Morgan fingerprint density at radius 2 is 1.70 bits per heavy atom. The van der Waals surface area contributed by atoms with Crippen LogP contribution in [0.15, 0.2) is 72.8 Å². The van der Waals surface area contributed by atoms with E-state index in [1.54, 1.807) is 6.07 Å². The molecule has 4 rings (SSSR count). The van der Waals surface area contributed by atoms with Crippen LogP contribution < -0.4 is 9.64 Å². The predicted molar refractivity (Wildman–Crippen MR) is 116 cm³/mol. The molecule has 1 heterocycles. The third kappa shape index (κ3) is 4.84. The molecule has 1 aliphatic heterocycles. The van der Waals surface area contributed by atoms with Gasteiger partial charge in [-0.1, -0.05) is 48.5 Å². The topological polar surface area (TPSA) is 66.8 Å². The third-order valence-electron chi connectivity index (χ3n) is 5.48. The van der Waals surface area contributed by atoms with Gasteiger partial charge in [-0.2, -0.15) is 13.2 Å². The van der Waals surface area contributed by atoms with E-state index in [0.717, 1.165) is 11.6 Å². The minimum absolute atomic E-state index is 0.0370. The van der Waals surface area contributed by atoms with Crippen LogP contribution in [0.4, 0.5) is 18.9 Å². The number of rotatable bonds is 5. The molecule has 1 fully saturated rings. The molecule has 0 aliphatic carbocycles. The molecule has 0 aromatic heterocycles. The van der Waals surface area contributed by atoms with Crippen LogP contribution in [0.2, 0.25) is 0 Å². The van der Waals surface area contributed by atoms with E-state index in [9.17, 15) is 27.9 Å². The number of benzene rings is 3. The van der Waals surface area contributed by atoms with Gasteiger partial charge in [-0.05, 0) is 29.8 Å². The molecule has 33 heavy (non-hydrogen) atoms. The normalized spacial score (nSPS) is 16.5. The van der Waals surface area contributed by atoms with E-state index in [-0.39, 0.29) is 30.2 Å². The van der Waals surface area contributed by atoms with Crippen LogP contribution >= 0.6 is 0 Å². The lowest BCUT2D eigenvalue weighted by Crippen LogP contribution is -2.43. The maximum absolute atomic E-state index is 13.3. The number of alkyl halides is 3. The van der Waals surface area contributed by atoms with Gasteiger partial charge in [0.05, 0.1) is 23.2 Å². The van der Waals surface area contributed by atoms with Gasteiger partial charge in [0.25, 0.3) is 0 Å². The molecule has 0 radical (unpaired) electrons. The lowest BCUT2D eigenvalue weighted by molar-refractivity contribution is -0.139. The molecule has 0 bridgehead atoms. The van der Waals surface area contributed by atoms with Gasteiger partial charge in [-0.15, -0.1) is 0 Å². The van der Waals surface area contributed by atoms with Crippen molar-refractivity contribution in [3.8, 4) is 16.9 Å². The average molecular weight is 455 g/mol. The molecule has 1 aliphatic rings. The van der Waals surface area contributed by atoms with Gasteiger partial charge in [0.2, 0.25) is 5.91 Å². The van der Waals surface area contributed by atoms with Crippen molar-refractivity contribution in [1.82, 2.24) is 0 Å². The second kappa shape index (κ2) is 8.97. The van der Waals surface area contributed by atoms with Gasteiger partial charge < -0.3 is 14.7 Å². The summed E-state index contributed by atoms with van der Waals surface area (Å²) in [6.45, 7) is 0.181. The van der Waals surface area contributed by atoms with E-state index in [4.69, 9.17) is 4.74 Å². The Hall–Kier alpha value is -3.81. The van der Waals surface area contributed by atoms with E-state index in [1.807, 2.05) is 30.3 Å². The van der Waals surface area contributed by atoms with Crippen LogP contribution in [-0.4, -0.2) is 29.6 Å². The van der Waals surface area contributed by atoms with Crippen molar-refractivity contribution in [3.05, 3.63) is 83.9 Å². The van der Waals surface area contributed by atoms with Gasteiger partial charge in [-0.3, -0.25) is 4.79 Å². The molecule has 3 aromatic carbocycles. The number of hydrogen-bond acceptors (Lipinski definition) is 3. The number of halogens is 3. The lowest BCUT2D eigenvalue weighted by Gasteiger charge is -2.33. The number of carboxylic acids is 1. The molecule has 1 unspecified atom stereocenters. The van der Waals surface area contributed by atoms with Crippen molar-refractivity contribution in [2.45, 2.75) is 25.1 Å². The van der Waals surface area contributed by atoms with Gasteiger partial charge in [0.1, 0.15) is 11.9 Å². The Labute approximate surface area is 188 Å². The van der Waals surface area contributed by atoms with Crippen LogP contribution in [-0.2, 0) is 11.0 Å². The molecule has 0 spiro atoms. The zero-order chi connectivity index (χ0) is 23.6. The largest absolute Gasteiger partial charge is 0.489 e. The molecular formula is C25H20F3NO4. The van der Waals surface area contributed by atoms with Gasteiger partial charge in [0, 0.05) is 18.5 Å². The van der Waals surface area contributed by atoms with E-state index >= 15 is 0 Å². The quantitative estimate of drug-likeness (QED) is 0.540. The first kappa shape index (κ1) is 22.4. The summed E-state index contributed by atoms with van der Waals surface area (Å²) in [7, 11) is 0. The van der Waals surface area contributed by atoms with Crippen LogP contribution in [0.1, 0.15) is 28.8 Å². The first-order valence-corrected chi connectivity index (χ1v) is 10.3. The Morgan fingerprint density at radius 3 is 2.36 bits per heavy atom. The SMILES string of the molecule is O=C(O)c1ccc(-c2ccccc2)c(N2CCC(Oc3ccccc3C(F)(F)F)CC2=O)c1. The molecule has 1 N–H and O–H groups in total. The Balaban J connectivity index is 1.60. The molecule has 1 atom stereocenters. The Kier molecular flexibility index (Phi) is 6.09. The summed E-state index contributed by atoms with van der Waals surface area (Å²) < 4.78 is 45.4. The smallest absolute Gasteiger partial charge is 0.419 e. The number of anilines is 1. The highest BCUT2D eigenvalue weighted by Crippen LogP contribution is 2.38. The van der Waals surface area contributed by atoms with Gasteiger partial charge in [0.15, 0.2) is 0 Å². The first-order valence-electron chi connectivity index (χ1n) is 10.3. The van der Waals surface area contributed by atoms with Crippen LogP contribution in [0.5, 0.6) is 5.75 Å². The fourth-order valence-corrected chi connectivity index (χ4v) is 3.89. The lowest BCUT2D eigenvalue weighted by atomic mass is 9.98. The highest BCUT2D eigenvalue weighted by molar-refractivity contribution is 6.01. The number of carbonyl (C=O) groups excluding carboxylic acids is 1. The highest BCUT2D eigenvalue weighted by atomic mass is 19.4. The first-order chi connectivity index (χ1) is 15.7. The van der Waals surface area contributed by atoms with Crippen molar-refractivity contribution in [2.75, 3.05) is 11.4 Å². The second-order valence-corrected chi connectivity index (χ2v) is 7.68. The van der Waals surface area contributed by atoms with Crippen molar-refractivity contribution in [1.29, 1.82) is 0 Å². The standard InChI is InChI=1S/C25H20F3NO4/c26-25(27,28)20-8-4-5-9-22(20)33-18-12-13-29(23(30)15-18)21-14-17(24(31)32)10-11-19(21)16-6-2-1-3-7-16/h1-11,14,18H,12-13,15H2,(H,31,32). The van der Waals surface area contributed by atoms with Gasteiger partial charge in [-0.25, -0.2) is 4.79 Å². The maximum atomic E-state index is 13.3. The van der Waals surface area contributed by atoms with Crippen molar-refractivity contribution in [3.63, 3.8) is 0 Å². The third-order valence-corrected chi connectivity index (χ3v) is 5.48. The summed E-state index contributed by atoms with van der Waals surface area (Å²) in [4.78, 5) is 26.0. The van der Waals surface area contributed by atoms with Crippen LogP contribution in [0.3, 0.4) is 0 Å². The zero-order valence-electron chi connectivity index (χ0n) is 17.4. The fourth-order valence-electron chi connectivity index (χ4n) is 3.89. The Morgan fingerprint density at radius 1 is 1.00 bits per heavy atom. The summed E-state index contributed by atoms with van der Waals surface area (Å²) in [6, 6.07) is 18.7. The van der Waals surface area contributed by atoms with E-state index < -0.39 is 23.8 Å². The molecule has 170 valence electrons. The summed E-state index contributed by atoms with van der Waals surface area (Å²) in [6.07, 6.45) is -5.12. The van der Waals surface area contributed by atoms with Crippen molar-refractivity contribution in [2.24, 2.45) is 0 Å². The van der Waals surface area contributed by atoms with Gasteiger partial charge >= 0.3 is 12.1 Å². The molecule has 0 saturated carbocycles. The number of aromatic carboxylic acids is 1. The molecule has 8 heteroatoms. The molecule has 3 aromatic rings. The predicted octanol–water partition coefficient (Wildman–Crippen LogP) is 5.65. The monoisotopic (exact) mass is 455 g/mol. The number of piperidine rings is 1. The Bertz CT molecular complexity index is 1180. The number of amides is 1. The number of nitrogens with zero attached hydrogens (tertiary/aromatic N) is 1. The second-order valence-electron chi connectivity index (χ2n) is 7.68. The molecule has 1 amide bonds. The number of carboxylic acid groups (broad SMARTS) is 1. The number of hydrogen-bond donors (Lipinski definition) is 1. The number of para-hydroxylation sites is 1. The van der Waals surface area contributed by atoms with E-state index in [0.29, 0.717) is 17.7 Å². The fraction of sp³-hybridized carbons (Fsp3) is 0.200. The maximum Gasteiger partial charge on any atom is 0.419 e. The summed E-state index contributed by atoms with van der Waals surface area (Å²) in [5.41, 5.74) is 1.10. The highest BCUT2D eigenvalue weighted by Gasteiger charge is 2.36. The van der Waals surface area contributed by atoms with Crippen molar-refractivity contribution >= 4 is 17.6 Å². The molecule has 1 saturated heterocycles. The number of ether oxygens (including phenoxy) is 1.